The van der Waals surface area contributed by atoms with Crippen LogP contribution in [0.25, 0.3) is 22.2 Å². The molecular weight excluding hydrogens is 366 g/mol. The number of nitrogens with zero attached hydrogens (tertiary/aromatic N) is 2. The Morgan fingerprint density at radius 1 is 1.14 bits per heavy atom. The van der Waals surface area contributed by atoms with E-state index < -0.39 is 6.10 Å². The Kier molecular flexibility index (Phi) is 5.27. The van der Waals surface area contributed by atoms with E-state index in [-0.39, 0.29) is 18.4 Å². The summed E-state index contributed by atoms with van der Waals surface area (Å²) in [5.74, 6) is -0.336. The van der Waals surface area contributed by atoms with Crippen molar-refractivity contribution in [2.24, 2.45) is 0 Å². The molecule has 2 heterocycles. The van der Waals surface area contributed by atoms with E-state index in [1.807, 2.05) is 61.5 Å². The predicted octanol–water partition coefficient (Wildman–Crippen LogP) is 2.80. The minimum Gasteiger partial charge on any atom is -0.365 e. The number of rotatable bonds is 3. The quantitative estimate of drug-likeness (QED) is 0.748. The molecule has 6 nitrogen and oxygen atoms in total. The van der Waals surface area contributed by atoms with Gasteiger partial charge in [-0.3, -0.25) is 9.59 Å². The number of amides is 2. The van der Waals surface area contributed by atoms with Crippen LogP contribution in [0.15, 0.2) is 54.6 Å². The van der Waals surface area contributed by atoms with E-state index in [1.54, 1.807) is 11.9 Å². The lowest BCUT2D eigenvalue weighted by atomic mass is 10.0. The molecule has 1 atom stereocenters. The lowest BCUT2D eigenvalue weighted by Crippen LogP contribution is -2.51. The first-order valence-corrected chi connectivity index (χ1v) is 9.66. The Morgan fingerprint density at radius 2 is 1.90 bits per heavy atom. The van der Waals surface area contributed by atoms with E-state index in [0.717, 1.165) is 22.2 Å². The number of hydrogen-bond donors (Lipinski definition) is 1. The molecule has 1 saturated heterocycles. The number of pyridine rings is 1. The molecule has 3 aromatic rings. The van der Waals surface area contributed by atoms with E-state index >= 15 is 0 Å². The van der Waals surface area contributed by atoms with Gasteiger partial charge in [0.1, 0.15) is 0 Å². The van der Waals surface area contributed by atoms with Gasteiger partial charge >= 0.3 is 0 Å². The fraction of sp³-hybridized carbons (Fsp3) is 0.261. The van der Waals surface area contributed by atoms with E-state index in [9.17, 15) is 9.59 Å². The van der Waals surface area contributed by atoms with Crippen LogP contribution in [0.5, 0.6) is 0 Å². The van der Waals surface area contributed by atoms with Gasteiger partial charge in [0, 0.05) is 24.5 Å². The standard InChI is InChI=1S/C23H23N3O3/c1-15-7-9-16(10-8-15)20-13-18(17-5-3-4-6-19(17)25-20)23(28)26-11-12-29-21(14-26)22(27)24-2/h3-10,13,21H,11-12,14H2,1-2H3,(H,24,27)/t21-/m0/s1. The van der Waals surface area contributed by atoms with Gasteiger partial charge in [0.25, 0.3) is 11.8 Å². The summed E-state index contributed by atoms with van der Waals surface area (Å²) in [6.45, 7) is 3.05. The fourth-order valence-electron chi connectivity index (χ4n) is 3.55. The first-order chi connectivity index (χ1) is 14.1. The smallest absolute Gasteiger partial charge is 0.254 e. The number of fused-ring (bicyclic) bond motifs is 1. The second-order valence-electron chi connectivity index (χ2n) is 7.16. The Labute approximate surface area is 169 Å². The van der Waals surface area contributed by atoms with Crippen molar-refractivity contribution in [3.05, 3.63) is 65.7 Å². The van der Waals surface area contributed by atoms with Crippen molar-refractivity contribution in [3.8, 4) is 11.3 Å². The summed E-state index contributed by atoms with van der Waals surface area (Å²) in [5, 5.41) is 3.39. The molecule has 1 aromatic heterocycles. The zero-order chi connectivity index (χ0) is 20.4. The van der Waals surface area contributed by atoms with Crippen molar-refractivity contribution in [2.45, 2.75) is 13.0 Å². The number of aryl methyl sites for hydroxylation is 1. The second kappa shape index (κ2) is 8.01. The minimum absolute atomic E-state index is 0.117. The van der Waals surface area contributed by atoms with Crippen LogP contribution < -0.4 is 5.32 Å². The zero-order valence-electron chi connectivity index (χ0n) is 16.5. The Balaban J connectivity index is 1.74. The lowest BCUT2D eigenvalue weighted by Gasteiger charge is -2.32. The molecule has 0 unspecified atom stereocenters. The van der Waals surface area contributed by atoms with E-state index in [1.165, 1.54) is 5.56 Å². The molecule has 6 heteroatoms. The van der Waals surface area contributed by atoms with Crippen LogP contribution in [0.1, 0.15) is 15.9 Å². The topological polar surface area (TPSA) is 71.5 Å². The van der Waals surface area contributed by atoms with Gasteiger partial charge in [-0.2, -0.15) is 0 Å². The molecule has 4 rings (SSSR count). The molecule has 1 aliphatic rings. The van der Waals surface area contributed by atoms with Crippen molar-refractivity contribution in [1.82, 2.24) is 15.2 Å². The van der Waals surface area contributed by atoms with Crippen LogP contribution in [0, 0.1) is 6.92 Å². The molecule has 1 N–H and O–H groups in total. The van der Waals surface area contributed by atoms with Crippen molar-refractivity contribution in [3.63, 3.8) is 0 Å². The number of carbonyl (C=O) groups is 2. The summed E-state index contributed by atoms with van der Waals surface area (Å²) >= 11 is 0. The molecular formula is C23H23N3O3. The number of hydrogen-bond acceptors (Lipinski definition) is 4. The highest BCUT2D eigenvalue weighted by Gasteiger charge is 2.30. The van der Waals surface area contributed by atoms with Gasteiger partial charge < -0.3 is 15.0 Å². The Bertz CT molecular complexity index is 1060. The number of para-hydroxylation sites is 1. The third-order valence-corrected chi connectivity index (χ3v) is 5.19. The minimum atomic E-state index is -0.651. The molecule has 29 heavy (non-hydrogen) atoms. The number of benzene rings is 2. The summed E-state index contributed by atoms with van der Waals surface area (Å²) in [7, 11) is 1.57. The molecule has 0 radical (unpaired) electrons. The number of nitrogens with one attached hydrogen (secondary N) is 1. The van der Waals surface area contributed by atoms with E-state index in [4.69, 9.17) is 9.72 Å². The Morgan fingerprint density at radius 3 is 2.66 bits per heavy atom. The first-order valence-electron chi connectivity index (χ1n) is 9.66. The Hall–Kier alpha value is -3.25. The van der Waals surface area contributed by atoms with Crippen LogP contribution in [-0.2, 0) is 9.53 Å². The van der Waals surface area contributed by atoms with Gasteiger partial charge in [-0.1, -0.05) is 48.0 Å². The lowest BCUT2D eigenvalue weighted by molar-refractivity contribution is -0.136. The van der Waals surface area contributed by atoms with Gasteiger partial charge in [0.05, 0.1) is 29.9 Å². The SMILES string of the molecule is CNC(=O)[C@@H]1CN(C(=O)c2cc(-c3ccc(C)cc3)nc3ccccc23)CCO1. The highest BCUT2D eigenvalue weighted by Crippen LogP contribution is 2.26. The molecule has 2 aromatic carbocycles. The number of likely N-dealkylation sites (N-methyl/N-ethyl adjacent to an activating group) is 1. The number of carbonyl (C=O) groups excluding carboxylic acids is 2. The van der Waals surface area contributed by atoms with Crippen molar-refractivity contribution in [1.29, 1.82) is 0 Å². The van der Waals surface area contributed by atoms with Gasteiger partial charge in [-0.05, 0) is 19.1 Å². The van der Waals surface area contributed by atoms with Gasteiger partial charge in [-0.15, -0.1) is 0 Å². The number of aromatic nitrogens is 1. The maximum absolute atomic E-state index is 13.4. The normalized spacial score (nSPS) is 16.6. The second-order valence-corrected chi connectivity index (χ2v) is 7.16. The van der Waals surface area contributed by atoms with Crippen LogP contribution in [0.4, 0.5) is 0 Å². The molecule has 0 bridgehead atoms. The van der Waals surface area contributed by atoms with Gasteiger partial charge in [0.15, 0.2) is 6.10 Å². The summed E-state index contributed by atoms with van der Waals surface area (Å²) in [6.07, 6.45) is -0.651. The predicted molar refractivity (Wildman–Crippen MR) is 112 cm³/mol. The van der Waals surface area contributed by atoms with E-state index in [2.05, 4.69) is 5.32 Å². The summed E-state index contributed by atoms with van der Waals surface area (Å²) in [4.78, 5) is 31.8. The van der Waals surface area contributed by atoms with Crippen LogP contribution in [0.2, 0.25) is 0 Å². The maximum atomic E-state index is 13.4. The number of morpholine rings is 1. The molecule has 2 amide bonds. The average molecular weight is 389 g/mol. The van der Waals surface area contributed by atoms with Crippen LogP contribution >= 0.6 is 0 Å². The van der Waals surface area contributed by atoms with E-state index in [0.29, 0.717) is 18.7 Å². The average Bonchev–Trinajstić information content (AvgIpc) is 2.78. The zero-order valence-corrected chi connectivity index (χ0v) is 16.5. The van der Waals surface area contributed by atoms with Crippen molar-refractivity contribution >= 4 is 22.7 Å². The number of ether oxygens (including phenoxy) is 1. The van der Waals surface area contributed by atoms with Gasteiger partial charge in [-0.25, -0.2) is 4.98 Å². The third-order valence-electron chi connectivity index (χ3n) is 5.19. The maximum Gasteiger partial charge on any atom is 0.254 e. The molecule has 0 spiro atoms. The van der Waals surface area contributed by atoms with Crippen LogP contribution in [-0.4, -0.2) is 54.5 Å². The summed E-state index contributed by atoms with van der Waals surface area (Å²) in [6, 6.07) is 17.6. The van der Waals surface area contributed by atoms with Crippen molar-refractivity contribution in [2.75, 3.05) is 26.7 Å². The molecule has 0 aliphatic carbocycles. The van der Waals surface area contributed by atoms with Crippen molar-refractivity contribution < 1.29 is 14.3 Å². The third kappa shape index (κ3) is 3.84. The molecule has 1 aliphatic heterocycles. The first kappa shape index (κ1) is 19.1. The fourth-order valence-corrected chi connectivity index (χ4v) is 3.55. The highest BCUT2D eigenvalue weighted by molar-refractivity contribution is 6.07. The monoisotopic (exact) mass is 389 g/mol. The molecule has 1 fully saturated rings. The largest absolute Gasteiger partial charge is 0.365 e. The molecule has 148 valence electrons. The summed E-state index contributed by atoms with van der Waals surface area (Å²) in [5.41, 5.74) is 4.23. The summed E-state index contributed by atoms with van der Waals surface area (Å²) < 4.78 is 5.52. The van der Waals surface area contributed by atoms with Crippen LogP contribution in [0.3, 0.4) is 0 Å². The van der Waals surface area contributed by atoms with Gasteiger partial charge in [0.2, 0.25) is 0 Å². The highest BCUT2D eigenvalue weighted by atomic mass is 16.5. The molecule has 0 saturated carbocycles.